The highest BCUT2D eigenvalue weighted by Crippen LogP contribution is 2.18. The average molecular weight is 401 g/mol. The summed E-state index contributed by atoms with van der Waals surface area (Å²) < 4.78 is 14.0. The first-order chi connectivity index (χ1) is 12.1. The van der Waals surface area contributed by atoms with Gasteiger partial charge in [-0.25, -0.2) is 0 Å². The highest BCUT2D eigenvalue weighted by atomic mass is 79.9. The van der Waals surface area contributed by atoms with E-state index in [1.807, 2.05) is 37.3 Å². The van der Waals surface area contributed by atoms with Crippen LogP contribution >= 0.6 is 15.9 Å². The topological polar surface area (TPSA) is 57.3 Å². The van der Waals surface area contributed by atoms with Crippen molar-refractivity contribution in [2.75, 3.05) is 0 Å². The zero-order valence-corrected chi connectivity index (χ0v) is 15.3. The number of halogens is 1. The third-order valence-electron chi connectivity index (χ3n) is 3.52. The summed E-state index contributed by atoms with van der Waals surface area (Å²) in [5.74, 6) is 1.95. The molecule has 0 saturated heterocycles. The molecule has 3 aromatic rings. The Hall–Kier alpha value is -2.60. The van der Waals surface area contributed by atoms with Gasteiger partial charge < -0.3 is 9.15 Å². The lowest BCUT2D eigenvalue weighted by atomic mass is 10.2. The van der Waals surface area contributed by atoms with Crippen LogP contribution < -0.4 is 4.74 Å². The molecule has 0 aliphatic carbocycles. The van der Waals surface area contributed by atoms with Gasteiger partial charge in [0.25, 0.3) is 0 Å². The fourth-order valence-electron chi connectivity index (χ4n) is 2.16. The maximum Gasteiger partial charge on any atom is 0.189 e. The third-order valence-corrected chi connectivity index (χ3v) is 4.05. The molecule has 2 heterocycles. The molecule has 2 aromatic heterocycles. The molecule has 0 aliphatic rings. The van der Waals surface area contributed by atoms with Gasteiger partial charge in [-0.1, -0.05) is 15.9 Å². The fraction of sp³-hybridized carbons (Fsp3) is 0.158. The molecule has 0 amide bonds. The molecular weight excluding hydrogens is 384 g/mol. The lowest BCUT2D eigenvalue weighted by Crippen LogP contribution is -1.94. The number of rotatable bonds is 7. The van der Waals surface area contributed by atoms with Crippen molar-refractivity contribution in [2.24, 2.45) is 0 Å². The number of hydrogen-bond acceptors (Lipinski definition) is 4. The first-order valence-corrected chi connectivity index (χ1v) is 8.65. The van der Waals surface area contributed by atoms with E-state index in [9.17, 15) is 4.79 Å². The molecule has 1 aromatic carbocycles. The summed E-state index contributed by atoms with van der Waals surface area (Å²) in [6, 6.07) is 11.2. The molecule has 25 heavy (non-hydrogen) atoms. The van der Waals surface area contributed by atoms with E-state index in [4.69, 9.17) is 9.15 Å². The fourth-order valence-corrected chi connectivity index (χ4v) is 2.43. The number of aryl methyl sites for hydroxylation is 1. The van der Waals surface area contributed by atoms with Crippen molar-refractivity contribution in [3.63, 3.8) is 0 Å². The molecule has 0 atom stereocenters. The average Bonchev–Trinajstić information content (AvgIpc) is 3.28. The second-order valence-electron chi connectivity index (χ2n) is 5.33. The Balaban J connectivity index is 1.57. The van der Waals surface area contributed by atoms with Gasteiger partial charge >= 0.3 is 0 Å². The zero-order valence-electron chi connectivity index (χ0n) is 13.7. The molecule has 3 rings (SSSR count). The van der Waals surface area contributed by atoms with Gasteiger partial charge in [0.05, 0.1) is 11.8 Å². The Morgan fingerprint density at radius 2 is 2.08 bits per heavy atom. The van der Waals surface area contributed by atoms with Gasteiger partial charge in [0.1, 0.15) is 23.9 Å². The molecule has 5 nitrogen and oxygen atoms in total. The van der Waals surface area contributed by atoms with E-state index < -0.39 is 0 Å². The lowest BCUT2D eigenvalue weighted by Gasteiger charge is -2.03. The number of ketones is 1. The van der Waals surface area contributed by atoms with Crippen LogP contribution in [0.1, 0.15) is 28.8 Å². The summed E-state index contributed by atoms with van der Waals surface area (Å²) >= 11 is 3.38. The standard InChI is InChI=1S/C19H17BrN2O3/c1-2-22-12-14(11-21-22)19(23)10-9-17-7-8-18(25-17)13-24-16-5-3-15(20)4-6-16/h3-12H,2,13H2,1H3/b10-9+. The molecule has 0 spiro atoms. The van der Waals surface area contributed by atoms with Gasteiger partial charge in [-0.15, -0.1) is 0 Å². The number of carbonyl (C=O) groups is 1. The van der Waals surface area contributed by atoms with Crippen molar-refractivity contribution >= 4 is 27.8 Å². The van der Waals surface area contributed by atoms with Gasteiger partial charge in [-0.2, -0.15) is 5.10 Å². The minimum Gasteiger partial charge on any atom is -0.486 e. The van der Waals surface area contributed by atoms with Gasteiger partial charge in [-0.3, -0.25) is 9.48 Å². The number of aromatic nitrogens is 2. The number of ether oxygens (including phenoxy) is 1. The summed E-state index contributed by atoms with van der Waals surface area (Å²) in [6.45, 7) is 3.03. The first kappa shape index (κ1) is 17.2. The van der Waals surface area contributed by atoms with E-state index in [1.54, 1.807) is 29.2 Å². The smallest absolute Gasteiger partial charge is 0.189 e. The van der Waals surface area contributed by atoms with Crippen LogP contribution in [0.25, 0.3) is 6.08 Å². The van der Waals surface area contributed by atoms with Gasteiger partial charge in [0.15, 0.2) is 5.78 Å². The number of carbonyl (C=O) groups excluding carboxylic acids is 1. The summed E-state index contributed by atoms with van der Waals surface area (Å²) in [5, 5.41) is 4.09. The predicted octanol–water partition coefficient (Wildman–Crippen LogP) is 4.73. The molecule has 0 saturated carbocycles. The number of benzene rings is 1. The van der Waals surface area contributed by atoms with Gasteiger partial charge in [-0.05, 0) is 55.5 Å². The third kappa shape index (κ3) is 4.70. The van der Waals surface area contributed by atoms with E-state index in [2.05, 4.69) is 21.0 Å². The molecule has 0 bridgehead atoms. The quantitative estimate of drug-likeness (QED) is 0.424. The van der Waals surface area contributed by atoms with Crippen molar-refractivity contribution in [2.45, 2.75) is 20.1 Å². The lowest BCUT2D eigenvalue weighted by molar-refractivity contribution is 0.104. The largest absolute Gasteiger partial charge is 0.486 e. The normalized spacial score (nSPS) is 11.1. The summed E-state index contributed by atoms with van der Waals surface area (Å²) in [4.78, 5) is 12.1. The summed E-state index contributed by atoms with van der Waals surface area (Å²) in [5.41, 5.74) is 0.559. The molecule has 128 valence electrons. The minimum absolute atomic E-state index is 0.108. The Morgan fingerprint density at radius 3 is 2.80 bits per heavy atom. The van der Waals surface area contributed by atoms with Gasteiger partial charge in [0.2, 0.25) is 0 Å². The van der Waals surface area contributed by atoms with Crippen molar-refractivity contribution in [1.29, 1.82) is 0 Å². The van der Waals surface area contributed by atoms with Crippen LogP contribution in [-0.2, 0) is 13.2 Å². The van der Waals surface area contributed by atoms with Crippen molar-refractivity contribution in [3.8, 4) is 5.75 Å². The highest BCUT2D eigenvalue weighted by Gasteiger charge is 2.06. The molecule has 0 unspecified atom stereocenters. The van der Waals surface area contributed by atoms with Crippen LogP contribution in [0.4, 0.5) is 0 Å². The van der Waals surface area contributed by atoms with Crippen LogP contribution in [-0.4, -0.2) is 15.6 Å². The number of furan rings is 1. The Bertz CT molecular complexity index is 878. The molecule has 0 radical (unpaired) electrons. The number of hydrogen-bond donors (Lipinski definition) is 0. The minimum atomic E-state index is -0.108. The second kappa shape index (κ2) is 7.98. The van der Waals surface area contributed by atoms with Crippen molar-refractivity contribution in [1.82, 2.24) is 9.78 Å². The van der Waals surface area contributed by atoms with Crippen LogP contribution in [0.2, 0.25) is 0 Å². The molecular formula is C19H17BrN2O3. The second-order valence-corrected chi connectivity index (χ2v) is 6.24. The van der Waals surface area contributed by atoms with E-state index in [-0.39, 0.29) is 5.78 Å². The van der Waals surface area contributed by atoms with Crippen LogP contribution in [0.15, 0.2) is 63.8 Å². The van der Waals surface area contributed by atoms with Gasteiger partial charge in [0, 0.05) is 17.2 Å². The van der Waals surface area contributed by atoms with Crippen LogP contribution in [0.5, 0.6) is 5.75 Å². The zero-order chi connectivity index (χ0) is 17.6. The van der Waals surface area contributed by atoms with E-state index in [0.717, 1.165) is 16.8 Å². The van der Waals surface area contributed by atoms with E-state index >= 15 is 0 Å². The van der Waals surface area contributed by atoms with Crippen molar-refractivity contribution < 1.29 is 13.9 Å². The van der Waals surface area contributed by atoms with Crippen LogP contribution in [0.3, 0.4) is 0 Å². The van der Waals surface area contributed by atoms with Crippen LogP contribution in [0, 0.1) is 0 Å². The molecule has 0 aliphatic heterocycles. The highest BCUT2D eigenvalue weighted by molar-refractivity contribution is 9.10. The SMILES string of the molecule is CCn1cc(C(=O)/C=C/c2ccc(COc3ccc(Br)cc3)o2)cn1. The maximum atomic E-state index is 12.1. The number of nitrogens with zero attached hydrogens (tertiary/aromatic N) is 2. The Labute approximate surface area is 154 Å². The Kier molecular flexibility index (Phi) is 5.50. The number of allylic oxidation sites excluding steroid dienone is 1. The monoisotopic (exact) mass is 400 g/mol. The summed E-state index contributed by atoms with van der Waals surface area (Å²) in [7, 11) is 0. The molecule has 0 N–H and O–H groups in total. The van der Waals surface area contributed by atoms with E-state index in [1.165, 1.54) is 6.08 Å². The predicted molar refractivity (Wildman–Crippen MR) is 98.4 cm³/mol. The van der Waals surface area contributed by atoms with Crippen molar-refractivity contribution in [3.05, 3.63) is 76.4 Å². The summed E-state index contributed by atoms with van der Waals surface area (Å²) in [6.07, 6.45) is 6.42. The molecule has 6 heteroatoms. The maximum absolute atomic E-state index is 12.1. The Morgan fingerprint density at radius 1 is 1.28 bits per heavy atom. The first-order valence-electron chi connectivity index (χ1n) is 7.86. The molecule has 0 fully saturated rings. The van der Waals surface area contributed by atoms with E-state index in [0.29, 0.717) is 23.7 Å².